The quantitative estimate of drug-likeness (QED) is 0.782. The van der Waals surface area contributed by atoms with Gasteiger partial charge >= 0.3 is 6.18 Å². The summed E-state index contributed by atoms with van der Waals surface area (Å²) in [6, 6.07) is 5.15. The second-order valence-electron chi connectivity index (χ2n) is 4.63. The van der Waals surface area contributed by atoms with Crippen molar-refractivity contribution in [2.45, 2.75) is 31.6 Å². The van der Waals surface area contributed by atoms with Gasteiger partial charge in [0.05, 0.1) is 11.0 Å². The highest BCUT2D eigenvalue weighted by molar-refractivity contribution is 5.79. The molecule has 18 heavy (non-hydrogen) atoms. The minimum absolute atomic E-state index is 0.0247. The van der Waals surface area contributed by atoms with E-state index in [1.54, 1.807) is 31.2 Å². The van der Waals surface area contributed by atoms with E-state index >= 15 is 0 Å². The van der Waals surface area contributed by atoms with E-state index in [1.165, 1.54) is 4.57 Å². The van der Waals surface area contributed by atoms with E-state index in [1.807, 2.05) is 0 Å². The molecule has 3 rings (SSSR count). The summed E-state index contributed by atoms with van der Waals surface area (Å²) in [6.45, 7) is 1.74. The number of anilines is 1. The van der Waals surface area contributed by atoms with Crippen LogP contribution in [0.25, 0.3) is 11.0 Å². The predicted molar refractivity (Wildman–Crippen MR) is 62.5 cm³/mol. The van der Waals surface area contributed by atoms with Gasteiger partial charge in [0.25, 0.3) is 0 Å². The molecule has 3 nitrogen and oxygen atoms in total. The molecule has 2 aromatic rings. The van der Waals surface area contributed by atoms with E-state index < -0.39 is 12.2 Å². The molecule has 1 N–H and O–H groups in total. The first kappa shape index (κ1) is 11.4. The van der Waals surface area contributed by atoms with Crippen molar-refractivity contribution in [1.82, 2.24) is 9.55 Å². The number of hydrogen-bond acceptors (Lipinski definition) is 2. The fourth-order valence-corrected chi connectivity index (χ4v) is 2.46. The molecule has 2 atom stereocenters. The zero-order valence-electron chi connectivity index (χ0n) is 9.70. The molecule has 0 radical (unpaired) electrons. The zero-order chi connectivity index (χ0) is 12.9. The summed E-state index contributed by atoms with van der Waals surface area (Å²) in [5, 5.41) is 3.00. The first-order chi connectivity index (χ1) is 8.47. The highest BCUT2D eigenvalue weighted by Gasteiger charge is 2.45. The van der Waals surface area contributed by atoms with Crippen molar-refractivity contribution in [2.75, 3.05) is 5.32 Å². The molecule has 0 spiro atoms. The van der Waals surface area contributed by atoms with E-state index in [0.717, 1.165) is 0 Å². The molecule has 1 aromatic heterocycles. The van der Waals surface area contributed by atoms with Crippen LogP contribution in [0, 0.1) is 0 Å². The van der Waals surface area contributed by atoms with Crippen molar-refractivity contribution < 1.29 is 13.2 Å². The minimum Gasteiger partial charge on any atom is -0.353 e. The molecule has 2 heterocycles. The maximum absolute atomic E-state index is 13.1. The van der Waals surface area contributed by atoms with Crippen LogP contribution in [0.5, 0.6) is 0 Å². The van der Waals surface area contributed by atoms with Crippen LogP contribution >= 0.6 is 0 Å². The minimum atomic E-state index is -4.26. The molecule has 1 aromatic carbocycles. The second kappa shape index (κ2) is 3.63. The number of imidazole rings is 1. The van der Waals surface area contributed by atoms with E-state index in [9.17, 15) is 13.2 Å². The first-order valence-corrected chi connectivity index (χ1v) is 5.77. The number of rotatable bonds is 0. The molecular formula is C12H12F3N3. The normalized spacial score (nSPS) is 23.8. The van der Waals surface area contributed by atoms with Crippen molar-refractivity contribution in [3.05, 3.63) is 24.3 Å². The SMILES string of the molecule is CC1CC(C(F)(F)F)n2c(nc3ccccc32)N1. The second-order valence-corrected chi connectivity index (χ2v) is 4.63. The molecule has 0 saturated carbocycles. The van der Waals surface area contributed by atoms with Crippen LogP contribution in [-0.4, -0.2) is 21.8 Å². The van der Waals surface area contributed by atoms with Crippen LogP contribution in [0.3, 0.4) is 0 Å². The van der Waals surface area contributed by atoms with Gasteiger partial charge < -0.3 is 5.32 Å². The van der Waals surface area contributed by atoms with Gasteiger partial charge in [-0.15, -0.1) is 0 Å². The summed E-state index contributed by atoms with van der Waals surface area (Å²) in [5.74, 6) is 0.303. The lowest BCUT2D eigenvalue weighted by Gasteiger charge is -2.32. The number of hydrogen-bond donors (Lipinski definition) is 1. The topological polar surface area (TPSA) is 29.9 Å². The third-order valence-corrected chi connectivity index (χ3v) is 3.24. The highest BCUT2D eigenvalue weighted by Crippen LogP contribution is 2.41. The summed E-state index contributed by atoms with van der Waals surface area (Å²) in [5.41, 5.74) is 1.11. The van der Waals surface area contributed by atoms with Gasteiger partial charge in [-0.2, -0.15) is 13.2 Å². The smallest absolute Gasteiger partial charge is 0.353 e. The molecular weight excluding hydrogens is 243 g/mol. The number of benzene rings is 1. The van der Waals surface area contributed by atoms with Crippen LogP contribution in [0.1, 0.15) is 19.4 Å². The number of aromatic nitrogens is 2. The van der Waals surface area contributed by atoms with Gasteiger partial charge in [-0.05, 0) is 25.5 Å². The molecule has 0 bridgehead atoms. The summed E-state index contributed by atoms with van der Waals surface area (Å²) >= 11 is 0. The fraction of sp³-hybridized carbons (Fsp3) is 0.417. The predicted octanol–water partition coefficient (Wildman–Crippen LogP) is 3.34. The lowest BCUT2D eigenvalue weighted by molar-refractivity contribution is -0.170. The number of alkyl halides is 3. The average molecular weight is 255 g/mol. The molecule has 0 amide bonds. The van der Waals surface area contributed by atoms with Gasteiger partial charge in [0.2, 0.25) is 5.95 Å². The van der Waals surface area contributed by atoms with Crippen LogP contribution < -0.4 is 5.32 Å². The van der Waals surface area contributed by atoms with Gasteiger partial charge in [-0.1, -0.05) is 12.1 Å². The Morgan fingerprint density at radius 3 is 2.78 bits per heavy atom. The maximum Gasteiger partial charge on any atom is 0.409 e. The molecule has 1 aliphatic rings. The van der Waals surface area contributed by atoms with Gasteiger partial charge in [-0.3, -0.25) is 4.57 Å². The first-order valence-electron chi connectivity index (χ1n) is 5.77. The van der Waals surface area contributed by atoms with Crippen molar-refractivity contribution in [1.29, 1.82) is 0 Å². The Morgan fingerprint density at radius 1 is 1.33 bits per heavy atom. The largest absolute Gasteiger partial charge is 0.409 e. The highest BCUT2D eigenvalue weighted by atomic mass is 19.4. The number of halogens is 3. The van der Waals surface area contributed by atoms with E-state index in [-0.39, 0.29) is 12.5 Å². The van der Waals surface area contributed by atoms with E-state index in [4.69, 9.17) is 0 Å². The molecule has 2 unspecified atom stereocenters. The van der Waals surface area contributed by atoms with Gasteiger partial charge in [-0.25, -0.2) is 4.98 Å². The van der Waals surface area contributed by atoms with Crippen LogP contribution in [-0.2, 0) is 0 Å². The van der Waals surface area contributed by atoms with Crippen molar-refractivity contribution in [3.8, 4) is 0 Å². The summed E-state index contributed by atoms with van der Waals surface area (Å²) in [7, 11) is 0. The van der Waals surface area contributed by atoms with Crippen LogP contribution in [0.2, 0.25) is 0 Å². The molecule has 0 fully saturated rings. The monoisotopic (exact) mass is 255 g/mol. The lowest BCUT2D eigenvalue weighted by atomic mass is 10.1. The summed E-state index contributed by atoms with van der Waals surface area (Å²) in [6.07, 6.45) is -4.23. The number of fused-ring (bicyclic) bond motifs is 3. The van der Waals surface area contributed by atoms with Crippen molar-refractivity contribution in [2.24, 2.45) is 0 Å². The van der Waals surface area contributed by atoms with Gasteiger partial charge in [0.15, 0.2) is 0 Å². The standard InChI is InChI=1S/C12H12F3N3/c1-7-6-10(12(13,14)15)18-9-5-3-2-4-8(9)17-11(18)16-7/h2-5,7,10H,6H2,1H3,(H,16,17). The number of para-hydroxylation sites is 2. The van der Waals surface area contributed by atoms with Crippen LogP contribution in [0.15, 0.2) is 24.3 Å². The lowest BCUT2D eigenvalue weighted by Crippen LogP contribution is -2.37. The summed E-state index contributed by atoms with van der Waals surface area (Å²) in [4.78, 5) is 4.22. The Bertz CT molecular complexity index is 588. The molecule has 1 aliphatic heterocycles. The van der Waals surface area contributed by atoms with Gasteiger partial charge in [0, 0.05) is 6.04 Å². The van der Waals surface area contributed by atoms with Crippen LogP contribution in [0.4, 0.5) is 19.1 Å². The van der Waals surface area contributed by atoms with Crippen molar-refractivity contribution in [3.63, 3.8) is 0 Å². The number of nitrogens with zero attached hydrogens (tertiary/aromatic N) is 2. The third kappa shape index (κ3) is 1.63. The Hall–Kier alpha value is -1.72. The molecule has 0 saturated heterocycles. The molecule has 6 heteroatoms. The average Bonchev–Trinajstić information content (AvgIpc) is 2.64. The maximum atomic E-state index is 13.1. The van der Waals surface area contributed by atoms with E-state index in [2.05, 4.69) is 10.3 Å². The van der Waals surface area contributed by atoms with Gasteiger partial charge in [0.1, 0.15) is 6.04 Å². The Labute approximate surface area is 102 Å². The Balaban J connectivity index is 2.24. The molecule has 96 valence electrons. The number of nitrogens with one attached hydrogen (secondary N) is 1. The Kier molecular flexibility index (Phi) is 2.30. The third-order valence-electron chi connectivity index (χ3n) is 3.24. The molecule has 0 aliphatic carbocycles. The Morgan fingerprint density at radius 2 is 2.06 bits per heavy atom. The fourth-order valence-electron chi connectivity index (χ4n) is 2.46. The van der Waals surface area contributed by atoms with E-state index in [0.29, 0.717) is 17.0 Å². The van der Waals surface area contributed by atoms with Crippen molar-refractivity contribution >= 4 is 17.0 Å². The summed E-state index contributed by atoms with van der Waals surface area (Å²) < 4.78 is 40.6. The zero-order valence-corrected chi connectivity index (χ0v) is 9.70.